The second kappa shape index (κ2) is 7.71. The van der Waals surface area contributed by atoms with E-state index >= 15 is 0 Å². The molecular formula is C19H24N5O3+. The number of anilines is 1. The summed E-state index contributed by atoms with van der Waals surface area (Å²) < 4.78 is 8.28. The summed E-state index contributed by atoms with van der Waals surface area (Å²) in [5, 5.41) is 3.18. The van der Waals surface area contributed by atoms with Crippen LogP contribution in [0.3, 0.4) is 0 Å². The number of fused-ring (bicyclic) bond motifs is 2. The van der Waals surface area contributed by atoms with E-state index in [-0.39, 0.29) is 22.8 Å². The Morgan fingerprint density at radius 2 is 2.19 bits per heavy atom. The third-order valence-electron chi connectivity index (χ3n) is 4.29. The molecule has 0 saturated heterocycles. The topological polar surface area (TPSA) is 103 Å². The van der Waals surface area contributed by atoms with E-state index in [9.17, 15) is 9.59 Å². The molecule has 0 unspecified atom stereocenters. The zero-order valence-corrected chi connectivity index (χ0v) is 15.7. The molecule has 3 aromatic rings. The highest BCUT2D eigenvalue weighted by molar-refractivity contribution is 6.00. The second-order valence-corrected chi connectivity index (χ2v) is 6.77. The fraction of sp³-hybridized carbons (Fsp3) is 0.368. The molecule has 0 aliphatic heterocycles. The lowest BCUT2D eigenvalue weighted by Crippen LogP contribution is -2.44. The third-order valence-corrected chi connectivity index (χ3v) is 4.29. The van der Waals surface area contributed by atoms with E-state index in [0.29, 0.717) is 42.3 Å². The number of nitrogens with one attached hydrogen (secondary N) is 1. The molecule has 8 heteroatoms. The molecule has 0 aliphatic rings. The Labute approximate surface area is 156 Å². The Bertz CT molecular complexity index is 1060. The normalized spacial score (nSPS) is 11.4. The average Bonchev–Trinajstić information content (AvgIpc) is 2.65. The zero-order valence-electron chi connectivity index (χ0n) is 15.7. The molecule has 0 aliphatic carbocycles. The number of ether oxygens (including phenoxy) is 1. The number of rotatable bonds is 6. The Balaban J connectivity index is 2.27. The molecule has 0 spiro atoms. The summed E-state index contributed by atoms with van der Waals surface area (Å²) in [4.78, 5) is 30.2. The van der Waals surface area contributed by atoms with Crippen LogP contribution in [0.4, 0.5) is 5.82 Å². The minimum absolute atomic E-state index is 0.250. The molecular weight excluding hydrogens is 346 g/mol. The highest BCUT2D eigenvalue weighted by Gasteiger charge is 2.24. The van der Waals surface area contributed by atoms with Crippen molar-refractivity contribution in [3.05, 3.63) is 46.4 Å². The van der Waals surface area contributed by atoms with E-state index in [1.54, 1.807) is 30.0 Å². The largest absolute Gasteiger partial charge is 0.381 e. The van der Waals surface area contributed by atoms with Crippen molar-refractivity contribution >= 4 is 28.4 Å². The number of amides is 1. The van der Waals surface area contributed by atoms with Crippen LogP contribution < -0.4 is 21.2 Å². The number of carbonyl (C=O) groups excluding carboxylic acids is 1. The molecule has 27 heavy (non-hydrogen) atoms. The molecule has 142 valence electrons. The Morgan fingerprint density at radius 3 is 2.89 bits per heavy atom. The molecule has 0 atom stereocenters. The van der Waals surface area contributed by atoms with Gasteiger partial charge in [-0.1, -0.05) is 24.9 Å². The standard InChI is InChI=1S/C19H23N5O3/c1-12(2)11-21-18(25)13-10-14-17(24(16(13)20)8-9-27-3)22-15-6-4-5-7-23(15)19(14)26/h4-7,10,12,20H,8-9,11H2,1-3H3,(H,21,25)/p+1. The van der Waals surface area contributed by atoms with Crippen LogP contribution in [-0.2, 0) is 11.3 Å². The predicted molar refractivity (Wildman–Crippen MR) is 103 cm³/mol. The van der Waals surface area contributed by atoms with E-state index in [2.05, 4.69) is 10.3 Å². The van der Waals surface area contributed by atoms with Crippen molar-refractivity contribution in [2.24, 2.45) is 5.92 Å². The molecule has 3 aromatic heterocycles. The number of aromatic nitrogens is 3. The van der Waals surface area contributed by atoms with Crippen molar-refractivity contribution < 1.29 is 14.1 Å². The molecule has 0 fully saturated rings. The van der Waals surface area contributed by atoms with Crippen LogP contribution in [0.2, 0.25) is 0 Å². The first-order valence-electron chi connectivity index (χ1n) is 8.84. The van der Waals surface area contributed by atoms with Gasteiger partial charge >= 0.3 is 0 Å². The molecule has 3 N–H and O–H groups in total. The number of nitrogens with zero attached hydrogens (tertiary/aromatic N) is 3. The number of pyridine rings is 2. The van der Waals surface area contributed by atoms with Crippen LogP contribution in [0, 0.1) is 5.92 Å². The molecule has 0 bridgehead atoms. The van der Waals surface area contributed by atoms with Crippen molar-refractivity contribution in [2.45, 2.75) is 20.4 Å². The lowest BCUT2D eigenvalue weighted by Gasteiger charge is -2.13. The SMILES string of the molecule is COCC[n+]1c(N)c(C(=O)NCC(C)C)cc2c(=O)n3ccccc3nc21. The summed E-state index contributed by atoms with van der Waals surface area (Å²) in [6.07, 6.45) is 1.65. The number of carbonyl (C=O) groups is 1. The molecule has 0 saturated carbocycles. The van der Waals surface area contributed by atoms with Crippen LogP contribution in [0.5, 0.6) is 0 Å². The third kappa shape index (κ3) is 3.61. The number of hydrogen-bond acceptors (Lipinski definition) is 5. The summed E-state index contributed by atoms with van der Waals surface area (Å²) in [6.45, 7) is 5.27. The van der Waals surface area contributed by atoms with Gasteiger partial charge in [-0.05, 0) is 24.1 Å². The molecule has 0 aromatic carbocycles. The van der Waals surface area contributed by atoms with E-state index in [1.807, 2.05) is 19.9 Å². The quantitative estimate of drug-likeness (QED) is 0.492. The van der Waals surface area contributed by atoms with Crippen molar-refractivity contribution in [2.75, 3.05) is 26.0 Å². The minimum atomic E-state index is -0.313. The van der Waals surface area contributed by atoms with Gasteiger partial charge in [-0.3, -0.25) is 14.0 Å². The Hall–Kier alpha value is -3.00. The Morgan fingerprint density at radius 1 is 1.41 bits per heavy atom. The highest BCUT2D eigenvalue weighted by Crippen LogP contribution is 2.14. The van der Waals surface area contributed by atoms with E-state index in [0.717, 1.165) is 0 Å². The summed E-state index contributed by atoms with van der Waals surface area (Å²) in [5.41, 5.74) is 7.24. The number of hydrogen-bond donors (Lipinski definition) is 2. The van der Waals surface area contributed by atoms with Crippen LogP contribution in [0.15, 0.2) is 35.3 Å². The monoisotopic (exact) mass is 370 g/mol. The number of methoxy groups -OCH3 is 1. The van der Waals surface area contributed by atoms with Crippen LogP contribution in [-0.4, -0.2) is 35.6 Å². The van der Waals surface area contributed by atoms with Crippen molar-refractivity contribution in [1.29, 1.82) is 0 Å². The summed E-state index contributed by atoms with van der Waals surface area (Å²) in [7, 11) is 1.58. The fourth-order valence-electron chi connectivity index (χ4n) is 2.88. The lowest BCUT2D eigenvalue weighted by atomic mass is 10.1. The van der Waals surface area contributed by atoms with Crippen LogP contribution in [0.1, 0.15) is 24.2 Å². The van der Waals surface area contributed by atoms with Gasteiger partial charge in [0.2, 0.25) is 11.5 Å². The van der Waals surface area contributed by atoms with Crippen LogP contribution in [0.25, 0.3) is 16.7 Å². The summed E-state index contributed by atoms with van der Waals surface area (Å²) in [5.74, 6) is 0.243. The molecule has 1 amide bonds. The number of nitrogens with two attached hydrogens (primary N) is 1. The van der Waals surface area contributed by atoms with Gasteiger partial charge in [-0.25, -0.2) is 4.57 Å². The number of nitrogen functional groups attached to an aromatic ring is 1. The van der Waals surface area contributed by atoms with E-state index < -0.39 is 0 Å². The van der Waals surface area contributed by atoms with Gasteiger partial charge in [0.1, 0.15) is 10.9 Å². The van der Waals surface area contributed by atoms with Gasteiger partial charge in [-0.2, -0.15) is 0 Å². The minimum Gasteiger partial charge on any atom is -0.381 e. The first kappa shape index (κ1) is 18.8. The molecule has 8 nitrogen and oxygen atoms in total. The van der Waals surface area contributed by atoms with Crippen LogP contribution >= 0.6 is 0 Å². The Kier molecular flexibility index (Phi) is 5.36. The second-order valence-electron chi connectivity index (χ2n) is 6.77. The fourth-order valence-corrected chi connectivity index (χ4v) is 2.88. The zero-order chi connectivity index (χ0) is 19.6. The highest BCUT2D eigenvalue weighted by atomic mass is 16.5. The van der Waals surface area contributed by atoms with E-state index in [4.69, 9.17) is 10.5 Å². The molecule has 3 rings (SSSR count). The van der Waals surface area contributed by atoms with Gasteiger partial charge in [0.05, 0.1) is 13.2 Å². The molecule has 3 heterocycles. The predicted octanol–water partition coefficient (Wildman–Crippen LogP) is 0.750. The van der Waals surface area contributed by atoms with E-state index in [1.165, 1.54) is 10.5 Å². The molecule has 0 radical (unpaired) electrons. The van der Waals surface area contributed by atoms with Gasteiger partial charge in [0, 0.05) is 19.9 Å². The first-order chi connectivity index (χ1) is 12.9. The maximum Gasteiger partial charge on any atom is 0.278 e. The lowest BCUT2D eigenvalue weighted by molar-refractivity contribution is -0.660. The van der Waals surface area contributed by atoms with Crippen molar-refractivity contribution in [3.63, 3.8) is 0 Å². The maximum atomic E-state index is 13.0. The van der Waals surface area contributed by atoms with Gasteiger partial charge in [-0.15, -0.1) is 0 Å². The smallest absolute Gasteiger partial charge is 0.278 e. The van der Waals surface area contributed by atoms with Gasteiger partial charge < -0.3 is 15.8 Å². The summed E-state index contributed by atoms with van der Waals surface area (Å²) >= 11 is 0. The first-order valence-corrected chi connectivity index (χ1v) is 8.84. The van der Waals surface area contributed by atoms with Gasteiger partial charge in [0.15, 0.2) is 0 Å². The average molecular weight is 370 g/mol. The summed E-state index contributed by atoms with van der Waals surface area (Å²) in [6, 6.07) is 6.85. The van der Waals surface area contributed by atoms with Gasteiger partial charge in [0.25, 0.3) is 17.1 Å². The van der Waals surface area contributed by atoms with Crippen molar-refractivity contribution in [1.82, 2.24) is 14.7 Å². The van der Waals surface area contributed by atoms with Crippen molar-refractivity contribution in [3.8, 4) is 0 Å². The maximum absolute atomic E-state index is 13.0.